The molecule has 2 amide bonds. The van der Waals surface area contributed by atoms with Crippen molar-refractivity contribution < 1.29 is 29.2 Å². The minimum Gasteiger partial charge on any atom is -0.456 e. The Labute approximate surface area is 232 Å². The number of fused-ring (bicyclic) bond motifs is 1. The van der Waals surface area contributed by atoms with Gasteiger partial charge in [-0.3, -0.25) is 19.7 Å². The topological polar surface area (TPSA) is 169 Å². The van der Waals surface area contributed by atoms with E-state index in [1.54, 1.807) is 12.3 Å². The minimum absolute atomic E-state index is 0.0662. The highest BCUT2D eigenvalue weighted by molar-refractivity contribution is 8.03. The van der Waals surface area contributed by atoms with E-state index in [2.05, 4.69) is 9.88 Å². The second kappa shape index (κ2) is 10.6. The van der Waals surface area contributed by atoms with Crippen molar-refractivity contribution in [3.05, 3.63) is 61.6 Å². The SMILES string of the molecule is C[C@@H](O)[C@H]1C(=O)N2C(C(=O)OCc3ccc([N+](=O)[O-])cc3)=C(S[C@@H]3CCN(c4nc(C(N)=O)cs4)C3)[C@H](C)[C@H]12. The van der Waals surface area contributed by atoms with Crippen molar-refractivity contribution in [1.82, 2.24) is 9.88 Å². The van der Waals surface area contributed by atoms with E-state index in [0.29, 0.717) is 23.8 Å². The third-order valence-corrected chi connectivity index (χ3v) is 9.71. The maximum Gasteiger partial charge on any atom is 0.356 e. The number of aromatic nitrogens is 1. The molecule has 5 atom stereocenters. The van der Waals surface area contributed by atoms with Crippen molar-refractivity contribution in [3.8, 4) is 0 Å². The number of primary amides is 1. The molecule has 12 nitrogen and oxygen atoms in total. The average molecular weight is 574 g/mol. The largest absolute Gasteiger partial charge is 0.456 e. The number of benzene rings is 1. The maximum absolute atomic E-state index is 13.4. The number of carbonyl (C=O) groups is 3. The Hall–Kier alpha value is -3.49. The molecule has 2 fully saturated rings. The van der Waals surface area contributed by atoms with E-state index < -0.39 is 28.8 Å². The number of nitrogens with zero attached hydrogens (tertiary/aromatic N) is 4. The normalized spacial score (nSPS) is 24.9. The number of nitro groups is 1. The van der Waals surface area contributed by atoms with E-state index in [1.807, 2.05) is 6.92 Å². The summed E-state index contributed by atoms with van der Waals surface area (Å²) in [5, 5.41) is 23.6. The molecule has 2 saturated heterocycles. The van der Waals surface area contributed by atoms with Gasteiger partial charge >= 0.3 is 5.97 Å². The molecule has 4 heterocycles. The number of non-ortho nitro benzene ring substituents is 1. The van der Waals surface area contributed by atoms with Gasteiger partial charge in [0, 0.05) is 46.7 Å². The quantitative estimate of drug-likeness (QED) is 0.196. The lowest BCUT2D eigenvalue weighted by Gasteiger charge is -2.46. The lowest BCUT2D eigenvalue weighted by atomic mass is 9.79. The predicted molar refractivity (Wildman–Crippen MR) is 144 cm³/mol. The monoisotopic (exact) mass is 573 g/mol. The lowest BCUT2D eigenvalue weighted by molar-refractivity contribution is -0.384. The number of ether oxygens (including phenoxy) is 1. The van der Waals surface area contributed by atoms with E-state index >= 15 is 0 Å². The number of aliphatic hydroxyl groups is 1. The summed E-state index contributed by atoms with van der Waals surface area (Å²) in [5.74, 6) is -2.31. The van der Waals surface area contributed by atoms with Crippen LogP contribution in [0.5, 0.6) is 0 Å². The number of rotatable bonds is 9. The van der Waals surface area contributed by atoms with Crippen LogP contribution in [-0.2, 0) is 20.9 Å². The van der Waals surface area contributed by atoms with E-state index in [9.17, 15) is 29.6 Å². The highest BCUT2D eigenvalue weighted by atomic mass is 32.2. The number of nitro benzene ring substituents is 1. The highest BCUT2D eigenvalue weighted by Crippen LogP contribution is 2.52. The fourth-order valence-electron chi connectivity index (χ4n) is 5.30. The molecule has 5 rings (SSSR count). The van der Waals surface area contributed by atoms with Gasteiger partial charge in [-0.2, -0.15) is 0 Å². The molecule has 0 unspecified atom stereocenters. The number of anilines is 1. The zero-order chi connectivity index (χ0) is 28.0. The fourth-order valence-corrected chi connectivity index (χ4v) is 7.64. The number of carbonyl (C=O) groups excluding carboxylic acids is 3. The fraction of sp³-hybridized carbons (Fsp3) is 0.440. The summed E-state index contributed by atoms with van der Waals surface area (Å²) in [7, 11) is 0. The summed E-state index contributed by atoms with van der Waals surface area (Å²) < 4.78 is 5.57. The van der Waals surface area contributed by atoms with Gasteiger partial charge in [-0.1, -0.05) is 6.92 Å². The van der Waals surface area contributed by atoms with Crippen LogP contribution in [0.4, 0.5) is 10.8 Å². The number of amides is 2. The van der Waals surface area contributed by atoms with Gasteiger partial charge in [0.1, 0.15) is 18.0 Å². The summed E-state index contributed by atoms with van der Waals surface area (Å²) >= 11 is 2.88. The van der Waals surface area contributed by atoms with Crippen LogP contribution >= 0.6 is 23.1 Å². The van der Waals surface area contributed by atoms with Crippen LogP contribution in [-0.4, -0.2) is 68.2 Å². The average Bonchev–Trinajstić information content (AvgIpc) is 3.61. The van der Waals surface area contributed by atoms with Crippen molar-refractivity contribution in [2.24, 2.45) is 17.6 Å². The van der Waals surface area contributed by atoms with Gasteiger partial charge in [0.25, 0.3) is 11.6 Å². The van der Waals surface area contributed by atoms with Gasteiger partial charge in [0.05, 0.1) is 23.0 Å². The lowest BCUT2D eigenvalue weighted by Crippen LogP contribution is -2.63. The molecule has 3 N–H and O–H groups in total. The summed E-state index contributed by atoms with van der Waals surface area (Å²) in [6, 6.07) is 5.37. The molecule has 14 heteroatoms. The van der Waals surface area contributed by atoms with E-state index in [4.69, 9.17) is 10.5 Å². The van der Waals surface area contributed by atoms with Crippen molar-refractivity contribution >= 4 is 51.7 Å². The van der Waals surface area contributed by atoms with E-state index in [0.717, 1.165) is 11.3 Å². The zero-order valence-electron chi connectivity index (χ0n) is 21.2. The van der Waals surface area contributed by atoms with Gasteiger partial charge in [-0.05, 0) is 31.0 Å². The Morgan fingerprint density at radius 2 is 2.08 bits per heavy atom. The Morgan fingerprint density at radius 1 is 1.36 bits per heavy atom. The summed E-state index contributed by atoms with van der Waals surface area (Å²) in [6.07, 6.45) is -0.0510. The number of nitrogens with two attached hydrogens (primary N) is 1. The van der Waals surface area contributed by atoms with Gasteiger partial charge < -0.3 is 25.4 Å². The number of thiazole rings is 1. The molecule has 0 saturated carbocycles. The molecule has 3 aliphatic heterocycles. The van der Waals surface area contributed by atoms with Gasteiger partial charge in [-0.25, -0.2) is 9.78 Å². The van der Waals surface area contributed by atoms with Crippen LogP contribution in [0, 0.1) is 22.0 Å². The molecule has 0 bridgehead atoms. The molecular weight excluding hydrogens is 546 g/mol. The molecule has 0 spiro atoms. The van der Waals surface area contributed by atoms with Crippen LogP contribution in [0.15, 0.2) is 40.2 Å². The van der Waals surface area contributed by atoms with Gasteiger partial charge in [-0.15, -0.1) is 23.1 Å². The third kappa shape index (κ3) is 4.99. The molecule has 3 aliphatic rings. The summed E-state index contributed by atoms with van der Waals surface area (Å²) in [5.41, 5.74) is 6.27. The molecule has 1 aromatic carbocycles. The van der Waals surface area contributed by atoms with Crippen LogP contribution in [0.1, 0.15) is 36.3 Å². The first-order valence-electron chi connectivity index (χ1n) is 12.4. The van der Waals surface area contributed by atoms with Crippen molar-refractivity contribution in [1.29, 1.82) is 0 Å². The predicted octanol–water partition coefficient (Wildman–Crippen LogP) is 2.27. The molecular formula is C25H27N5O7S2. The standard InChI is InChI=1S/C25H27N5O7S2/c1-12-19-18(13(2)31)23(33)29(19)20(24(34)37-10-14-3-5-15(6-4-14)30(35)36)21(12)39-16-7-8-28(9-16)25-27-17(11-38-25)22(26)32/h3-6,11-13,16,18-19,31H,7-10H2,1-2H3,(H2,26,32)/t12-,13-,16-,18-,19-/m1/s1. The molecule has 39 heavy (non-hydrogen) atoms. The summed E-state index contributed by atoms with van der Waals surface area (Å²) in [4.78, 5) is 56.8. The number of β-lactam (4-membered cyclic amide) rings is 1. The number of hydrogen-bond acceptors (Lipinski definition) is 11. The van der Waals surface area contributed by atoms with Crippen LogP contribution < -0.4 is 10.6 Å². The van der Waals surface area contributed by atoms with Crippen molar-refractivity contribution in [2.75, 3.05) is 18.0 Å². The van der Waals surface area contributed by atoms with Crippen LogP contribution in [0.25, 0.3) is 0 Å². The number of hydrogen-bond donors (Lipinski definition) is 2. The molecule has 1 aromatic heterocycles. The Balaban J connectivity index is 1.34. The highest BCUT2D eigenvalue weighted by Gasteiger charge is 2.60. The molecule has 206 valence electrons. The van der Waals surface area contributed by atoms with E-state index in [-0.39, 0.29) is 46.8 Å². The molecule has 0 radical (unpaired) electrons. The smallest absolute Gasteiger partial charge is 0.356 e. The van der Waals surface area contributed by atoms with Crippen molar-refractivity contribution in [3.63, 3.8) is 0 Å². The Morgan fingerprint density at radius 3 is 2.69 bits per heavy atom. The molecule has 2 aromatic rings. The second-order valence-corrected chi connectivity index (χ2v) is 12.0. The molecule has 0 aliphatic carbocycles. The van der Waals surface area contributed by atoms with Crippen molar-refractivity contribution in [2.45, 2.75) is 44.3 Å². The zero-order valence-corrected chi connectivity index (χ0v) is 22.8. The summed E-state index contributed by atoms with van der Waals surface area (Å²) in [6.45, 7) is 4.77. The Bertz CT molecular complexity index is 1360. The van der Waals surface area contributed by atoms with Gasteiger partial charge in [0.15, 0.2) is 5.13 Å². The number of aliphatic hydroxyl groups excluding tert-OH is 1. The van der Waals surface area contributed by atoms with Crippen LogP contribution in [0.3, 0.4) is 0 Å². The van der Waals surface area contributed by atoms with Gasteiger partial charge in [0.2, 0.25) is 5.91 Å². The Kier molecular flexibility index (Phi) is 7.35. The maximum atomic E-state index is 13.4. The third-order valence-electron chi connectivity index (χ3n) is 7.27. The van der Waals surface area contributed by atoms with Crippen LogP contribution in [0.2, 0.25) is 0 Å². The number of thioether (sulfide) groups is 1. The van der Waals surface area contributed by atoms with E-state index in [1.165, 1.54) is 52.3 Å². The first-order valence-corrected chi connectivity index (χ1v) is 14.2. The minimum atomic E-state index is -0.853. The first-order chi connectivity index (χ1) is 18.6. The first kappa shape index (κ1) is 27.1. The second-order valence-electron chi connectivity index (χ2n) is 9.82. The number of esters is 1.